The lowest BCUT2D eigenvalue weighted by atomic mass is 9.97. The largest absolute Gasteiger partial charge is 0.325 e. The zero-order chi connectivity index (χ0) is 27.8. The number of nitrogens with one attached hydrogen (secondary N) is 2. The second kappa shape index (κ2) is 11.1. The van der Waals surface area contributed by atoms with Crippen molar-refractivity contribution in [2.75, 3.05) is 22.1 Å². The van der Waals surface area contributed by atoms with Crippen molar-refractivity contribution in [2.24, 2.45) is 0 Å². The molecule has 0 radical (unpaired) electrons. The lowest BCUT2D eigenvalue weighted by Crippen LogP contribution is -2.14. The fraction of sp³-hybridized carbons (Fsp3) is 0.214. The van der Waals surface area contributed by atoms with Crippen molar-refractivity contribution < 1.29 is 9.59 Å². The molecule has 206 valence electrons. The summed E-state index contributed by atoms with van der Waals surface area (Å²) in [6.45, 7) is 0. The Balaban J connectivity index is 1.24. The van der Waals surface area contributed by atoms with E-state index >= 15 is 0 Å². The van der Waals surface area contributed by atoms with Crippen LogP contribution in [0.3, 0.4) is 0 Å². The van der Waals surface area contributed by atoms with Gasteiger partial charge in [-0.05, 0) is 55.5 Å². The minimum Gasteiger partial charge on any atom is -0.325 e. The molecule has 41 heavy (non-hydrogen) atoms. The first-order chi connectivity index (χ1) is 20.2. The van der Waals surface area contributed by atoms with E-state index in [9.17, 15) is 9.59 Å². The highest BCUT2D eigenvalue weighted by Gasteiger charge is 2.26. The molecule has 7 rings (SSSR count). The number of benzene rings is 2. The van der Waals surface area contributed by atoms with Crippen molar-refractivity contribution in [2.45, 2.75) is 36.0 Å². The Morgan fingerprint density at radius 3 is 2.00 bits per heavy atom. The number of aryl methyl sites for hydroxylation is 2. The van der Waals surface area contributed by atoms with E-state index in [1.807, 2.05) is 69.5 Å². The highest BCUT2D eigenvalue weighted by molar-refractivity contribution is 8.00. The molecule has 4 heterocycles. The monoisotopic (exact) mass is 600 g/mol. The van der Waals surface area contributed by atoms with E-state index in [2.05, 4.69) is 31.0 Å². The molecule has 0 saturated carbocycles. The maximum absolute atomic E-state index is 12.7. The number of hydrogen-bond acceptors (Lipinski definition) is 9. The Morgan fingerprint density at radius 2 is 1.34 bits per heavy atom. The number of carbonyl (C=O) groups is 2. The zero-order valence-electron chi connectivity index (χ0n) is 21.7. The van der Waals surface area contributed by atoms with Crippen molar-refractivity contribution in [3.63, 3.8) is 0 Å². The summed E-state index contributed by atoms with van der Waals surface area (Å²) in [7, 11) is 0. The van der Waals surface area contributed by atoms with Gasteiger partial charge in [0.1, 0.15) is 4.83 Å². The minimum absolute atomic E-state index is 0.120. The summed E-state index contributed by atoms with van der Waals surface area (Å²) in [5, 5.41) is 26.2. The van der Waals surface area contributed by atoms with Crippen LogP contribution in [0.25, 0.3) is 21.6 Å². The topological polar surface area (TPSA) is 119 Å². The van der Waals surface area contributed by atoms with Crippen LogP contribution in [0.2, 0.25) is 0 Å². The van der Waals surface area contributed by atoms with Crippen molar-refractivity contribution >= 4 is 79.7 Å². The minimum atomic E-state index is -0.134. The normalized spacial score (nSPS) is 13.1. The van der Waals surface area contributed by atoms with E-state index in [0.29, 0.717) is 16.1 Å². The van der Waals surface area contributed by atoms with Crippen LogP contribution in [0, 0.1) is 0 Å². The first kappa shape index (κ1) is 26.0. The summed E-state index contributed by atoms with van der Waals surface area (Å²) in [6.07, 6.45) is 4.30. The molecule has 0 saturated heterocycles. The number of anilines is 2. The number of thiophene rings is 1. The molecule has 2 amide bonds. The smallest absolute Gasteiger partial charge is 0.245 e. The van der Waals surface area contributed by atoms with Crippen LogP contribution in [0.4, 0.5) is 11.4 Å². The van der Waals surface area contributed by atoms with E-state index in [-0.39, 0.29) is 23.3 Å². The molecule has 4 aromatic heterocycles. The van der Waals surface area contributed by atoms with Gasteiger partial charge in [0.05, 0.1) is 16.9 Å². The van der Waals surface area contributed by atoms with Crippen molar-refractivity contribution in [3.05, 3.63) is 71.1 Å². The van der Waals surface area contributed by atoms with Gasteiger partial charge in [-0.25, -0.2) is 8.80 Å². The summed E-state index contributed by atoms with van der Waals surface area (Å²) in [4.78, 5) is 27.8. The third kappa shape index (κ3) is 5.04. The fourth-order valence-electron chi connectivity index (χ4n) is 5.02. The molecular weight excluding hydrogens is 577 g/mol. The third-order valence-corrected chi connectivity index (χ3v) is 9.94. The van der Waals surface area contributed by atoms with Crippen LogP contribution in [-0.4, -0.2) is 52.5 Å². The van der Waals surface area contributed by atoms with E-state index in [1.54, 1.807) is 11.3 Å². The summed E-state index contributed by atoms with van der Waals surface area (Å²) >= 11 is 4.39. The summed E-state index contributed by atoms with van der Waals surface area (Å²) in [6, 6.07) is 18.8. The molecule has 2 N–H and O–H groups in total. The number of para-hydroxylation sites is 2. The lowest BCUT2D eigenvalue weighted by molar-refractivity contribution is -0.114. The van der Waals surface area contributed by atoms with Crippen molar-refractivity contribution in [1.82, 2.24) is 29.2 Å². The maximum Gasteiger partial charge on any atom is 0.245 e. The molecule has 0 fully saturated rings. The molecule has 0 spiro atoms. The first-order valence-electron chi connectivity index (χ1n) is 13.2. The van der Waals surface area contributed by atoms with Crippen LogP contribution in [-0.2, 0) is 22.4 Å². The Bertz CT molecular complexity index is 1900. The molecule has 1 aliphatic carbocycles. The van der Waals surface area contributed by atoms with Crippen LogP contribution in [0.1, 0.15) is 23.3 Å². The molecular formula is C28H24N8O2S3. The molecule has 0 aliphatic heterocycles. The van der Waals surface area contributed by atoms with Crippen molar-refractivity contribution in [1.29, 1.82) is 0 Å². The van der Waals surface area contributed by atoms with E-state index < -0.39 is 0 Å². The first-order valence-corrected chi connectivity index (χ1v) is 16.0. The van der Waals surface area contributed by atoms with Crippen LogP contribution in [0.5, 0.6) is 0 Å². The van der Waals surface area contributed by atoms with Crippen LogP contribution >= 0.6 is 34.9 Å². The summed E-state index contributed by atoms with van der Waals surface area (Å²) in [5.41, 5.74) is 3.53. The standard InChI is InChI=1S/C28H24N8O2S3/c37-21(29-17-9-3-1-4-10-17)15-39-27-33-31-24-23-19-13-7-8-14-20(19)41-25(23)36-26(35(24)27)32-34-28(36)40-16-22(38)30-18-11-5-2-6-12-18/h1-6,9-12H,7-8,13-16H2,(H,29,37)(H,30,38). The van der Waals surface area contributed by atoms with E-state index in [4.69, 9.17) is 0 Å². The molecule has 0 atom stereocenters. The van der Waals surface area contributed by atoms with E-state index in [1.165, 1.54) is 34.0 Å². The molecule has 6 aromatic rings. The molecule has 2 aromatic carbocycles. The number of thioether (sulfide) groups is 2. The third-order valence-electron chi connectivity index (χ3n) is 6.81. The SMILES string of the molecule is O=C(CSc1nnc2c3c4c(sc3n3c(SCC(=O)Nc5ccccc5)nnc3n12)CCCC4)Nc1ccccc1. The predicted molar refractivity (Wildman–Crippen MR) is 163 cm³/mol. The highest BCUT2D eigenvalue weighted by atomic mass is 32.2. The quantitative estimate of drug-likeness (QED) is 0.225. The number of hydrogen-bond donors (Lipinski definition) is 2. The lowest BCUT2D eigenvalue weighted by Gasteiger charge is -2.10. The second-order valence-corrected chi connectivity index (χ2v) is 12.5. The Hall–Kier alpha value is -3.94. The fourth-order valence-corrected chi connectivity index (χ4v) is 7.92. The number of aromatic nitrogens is 6. The number of rotatable bonds is 8. The van der Waals surface area contributed by atoms with Crippen LogP contribution < -0.4 is 10.6 Å². The molecule has 10 nitrogen and oxygen atoms in total. The number of carbonyl (C=O) groups excluding carboxylic acids is 2. The Kier molecular flexibility index (Phi) is 7.07. The van der Waals surface area contributed by atoms with E-state index in [0.717, 1.165) is 52.9 Å². The van der Waals surface area contributed by atoms with Gasteiger partial charge in [-0.2, -0.15) is 0 Å². The van der Waals surface area contributed by atoms with Gasteiger partial charge >= 0.3 is 0 Å². The molecule has 0 unspecified atom stereocenters. The predicted octanol–water partition coefficient (Wildman–Crippen LogP) is 5.33. The summed E-state index contributed by atoms with van der Waals surface area (Å²) in [5.74, 6) is 0.657. The van der Waals surface area contributed by atoms with Gasteiger partial charge in [-0.1, -0.05) is 59.9 Å². The van der Waals surface area contributed by atoms with Gasteiger partial charge in [0, 0.05) is 16.3 Å². The van der Waals surface area contributed by atoms with Gasteiger partial charge in [0.2, 0.25) is 17.6 Å². The summed E-state index contributed by atoms with van der Waals surface area (Å²) < 4.78 is 3.91. The molecule has 13 heteroatoms. The van der Waals surface area contributed by atoms with Gasteiger partial charge in [0.25, 0.3) is 0 Å². The second-order valence-electron chi connectivity index (χ2n) is 9.56. The highest BCUT2D eigenvalue weighted by Crippen LogP contribution is 2.40. The average Bonchev–Trinajstić information content (AvgIpc) is 3.71. The number of amides is 2. The van der Waals surface area contributed by atoms with Gasteiger partial charge in [-0.3, -0.25) is 9.59 Å². The van der Waals surface area contributed by atoms with Gasteiger partial charge < -0.3 is 10.6 Å². The Morgan fingerprint density at radius 1 is 0.756 bits per heavy atom. The maximum atomic E-state index is 12.7. The number of fused-ring (bicyclic) bond motifs is 8. The van der Waals surface area contributed by atoms with Crippen LogP contribution in [0.15, 0.2) is 71.0 Å². The van der Waals surface area contributed by atoms with Gasteiger partial charge in [0.15, 0.2) is 16.0 Å². The number of nitrogens with zero attached hydrogens (tertiary/aromatic N) is 6. The molecule has 0 bridgehead atoms. The van der Waals surface area contributed by atoms with Gasteiger partial charge in [-0.15, -0.1) is 31.7 Å². The molecule has 1 aliphatic rings. The zero-order valence-corrected chi connectivity index (χ0v) is 24.2. The Labute approximate surface area is 247 Å². The van der Waals surface area contributed by atoms with Crippen molar-refractivity contribution in [3.8, 4) is 0 Å². The average molecular weight is 601 g/mol.